The zero-order valence-corrected chi connectivity index (χ0v) is 15.6. The Morgan fingerprint density at radius 2 is 2.12 bits per heavy atom. The van der Waals surface area contributed by atoms with Gasteiger partial charge in [0.2, 0.25) is 0 Å². The third-order valence-electron chi connectivity index (χ3n) is 3.54. The first kappa shape index (κ1) is 17.5. The first-order valence-electron chi connectivity index (χ1n) is 7.70. The highest BCUT2D eigenvalue weighted by atomic mass is 35.5. The number of amides is 1. The van der Waals surface area contributed by atoms with Gasteiger partial charge in [-0.2, -0.15) is 0 Å². The molecule has 3 aromatic rings. The summed E-state index contributed by atoms with van der Waals surface area (Å²) in [6, 6.07) is 9.13. The van der Waals surface area contributed by atoms with Gasteiger partial charge in [0, 0.05) is 5.56 Å². The van der Waals surface area contributed by atoms with Crippen molar-refractivity contribution in [2.24, 2.45) is 0 Å². The maximum atomic E-state index is 12.5. The number of nitrogens with zero attached hydrogens (tertiary/aromatic N) is 1. The molecular weight excluding hydrogens is 360 g/mol. The van der Waals surface area contributed by atoms with Crippen molar-refractivity contribution < 1.29 is 14.3 Å². The topological polar surface area (TPSA) is 60.5 Å². The van der Waals surface area contributed by atoms with Crippen LogP contribution in [0.2, 0.25) is 5.02 Å². The van der Waals surface area contributed by atoms with Crippen LogP contribution < -0.4 is 14.8 Å². The number of nitrogens with one attached hydrogen (secondary N) is 1. The summed E-state index contributed by atoms with van der Waals surface area (Å²) in [6.45, 7) is 4.32. The van der Waals surface area contributed by atoms with E-state index in [1.807, 2.05) is 32.0 Å². The van der Waals surface area contributed by atoms with Crippen LogP contribution in [-0.2, 0) is 0 Å². The molecular formula is C18H17ClN2O3S. The monoisotopic (exact) mass is 376 g/mol. The highest BCUT2D eigenvalue weighted by Crippen LogP contribution is 2.36. The lowest BCUT2D eigenvalue weighted by molar-refractivity contribution is 0.102. The van der Waals surface area contributed by atoms with E-state index in [0.717, 1.165) is 15.8 Å². The van der Waals surface area contributed by atoms with Crippen molar-refractivity contribution in [3.63, 3.8) is 0 Å². The summed E-state index contributed by atoms with van der Waals surface area (Å²) in [4.78, 5) is 17.0. The van der Waals surface area contributed by atoms with Crippen molar-refractivity contribution in [1.29, 1.82) is 0 Å². The fraction of sp³-hybridized carbons (Fsp3) is 0.222. The molecule has 0 aliphatic heterocycles. The van der Waals surface area contributed by atoms with E-state index in [1.165, 1.54) is 18.4 Å². The number of carbonyl (C=O) groups is 1. The van der Waals surface area contributed by atoms with Crippen LogP contribution in [0.1, 0.15) is 22.8 Å². The predicted molar refractivity (Wildman–Crippen MR) is 101 cm³/mol. The van der Waals surface area contributed by atoms with Crippen molar-refractivity contribution in [3.05, 3.63) is 46.5 Å². The summed E-state index contributed by atoms with van der Waals surface area (Å²) >= 11 is 7.65. The van der Waals surface area contributed by atoms with Gasteiger partial charge in [-0.05, 0) is 43.7 Å². The van der Waals surface area contributed by atoms with Crippen LogP contribution >= 0.6 is 22.9 Å². The number of rotatable bonds is 5. The number of aryl methyl sites for hydroxylation is 1. The molecule has 7 heteroatoms. The molecule has 130 valence electrons. The lowest BCUT2D eigenvalue weighted by Crippen LogP contribution is -2.12. The molecule has 0 aliphatic carbocycles. The molecule has 1 heterocycles. The maximum Gasteiger partial charge on any atom is 0.257 e. The van der Waals surface area contributed by atoms with Crippen LogP contribution in [0.5, 0.6) is 11.5 Å². The minimum Gasteiger partial charge on any atom is -0.493 e. The van der Waals surface area contributed by atoms with Gasteiger partial charge < -0.3 is 9.47 Å². The lowest BCUT2D eigenvalue weighted by Gasteiger charge is -2.12. The number of benzene rings is 2. The van der Waals surface area contributed by atoms with E-state index in [0.29, 0.717) is 33.8 Å². The number of carbonyl (C=O) groups excluding carboxylic acids is 1. The van der Waals surface area contributed by atoms with Gasteiger partial charge in [-0.25, -0.2) is 4.98 Å². The Morgan fingerprint density at radius 1 is 1.32 bits per heavy atom. The first-order valence-corrected chi connectivity index (χ1v) is 8.90. The Kier molecular flexibility index (Phi) is 5.11. The van der Waals surface area contributed by atoms with Crippen LogP contribution in [0, 0.1) is 6.92 Å². The number of methoxy groups -OCH3 is 1. The molecule has 0 saturated carbocycles. The molecule has 1 aromatic heterocycles. The van der Waals surface area contributed by atoms with Crippen LogP contribution in [0.4, 0.5) is 5.13 Å². The molecule has 1 amide bonds. The zero-order chi connectivity index (χ0) is 18.0. The van der Waals surface area contributed by atoms with Crippen LogP contribution in [0.3, 0.4) is 0 Å². The van der Waals surface area contributed by atoms with Gasteiger partial charge in [0.05, 0.1) is 29.0 Å². The van der Waals surface area contributed by atoms with E-state index in [1.54, 1.807) is 12.1 Å². The summed E-state index contributed by atoms with van der Waals surface area (Å²) in [5.74, 6) is 0.539. The fourth-order valence-electron chi connectivity index (χ4n) is 2.39. The van der Waals surface area contributed by atoms with Gasteiger partial charge in [-0.15, -0.1) is 0 Å². The number of thiazole rings is 1. The largest absolute Gasteiger partial charge is 0.493 e. The summed E-state index contributed by atoms with van der Waals surface area (Å²) in [6.07, 6.45) is 0. The number of ether oxygens (including phenoxy) is 2. The average Bonchev–Trinajstić information content (AvgIpc) is 2.97. The molecule has 0 saturated heterocycles. The van der Waals surface area contributed by atoms with E-state index >= 15 is 0 Å². The maximum absolute atomic E-state index is 12.5. The van der Waals surface area contributed by atoms with E-state index in [4.69, 9.17) is 21.1 Å². The van der Waals surface area contributed by atoms with Crippen LogP contribution in [-0.4, -0.2) is 24.6 Å². The Bertz CT molecular complexity index is 939. The van der Waals surface area contributed by atoms with Gasteiger partial charge in [0.1, 0.15) is 0 Å². The normalized spacial score (nSPS) is 10.7. The Morgan fingerprint density at radius 3 is 2.84 bits per heavy atom. The molecule has 0 aliphatic rings. The highest BCUT2D eigenvalue weighted by molar-refractivity contribution is 7.22. The van der Waals surface area contributed by atoms with Gasteiger partial charge in [0.25, 0.3) is 5.91 Å². The molecule has 0 bridgehead atoms. The van der Waals surface area contributed by atoms with Crippen molar-refractivity contribution in [3.8, 4) is 11.5 Å². The van der Waals surface area contributed by atoms with Gasteiger partial charge in [0.15, 0.2) is 16.6 Å². The van der Waals surface area contributed by atoms with Crippen molar-refractivity contribution >= 4 is 44.2 Å². The number of halogens is 1. The minimum absolute atomic E-state index is 0.306. The van der Waals surface area contributed by atoms with E-state index in [2.05, 4.69) is 10.3 Å². The quantitative estimate of drug-likeness (QED) is 0.686. The second kappa shape index (κ2) is 7.29. The Hall–Kier alpha value is -2.31. The highest BCUT2D eigenvalue weighted by Gasteiger charge is 2.17. The number of aromatic nitrogens is 1. The van der Waals surface area contributed by atoms with Crippen molar-refractivity contribution in [2.75, 3.05) is 19.0 Å². The molecule has 1 N–H and O–H groups in total. The zero-order valence-electron chi connectivity index (χ0n) is 14.1. The van der Waals surface area contributed by atoms with Gasteiger partial charge in [-0.3, -0.25) is 10.1 Å². The molecule has 0 radical (unpaired) electrons. The van der Waals surface area contributed by atoms with Crippen LogP contribution in [0.25, 0.3) is 10.2 Å². The molecule has 25 heavy (non-hydrogen) atoms. The molecule has 2 aromatic carbocycles. The Balaban J connectivity index is 1.88. The summed E-state index contributed by atoms with van der Waals surface area (Å²) in [5, 5.41) is 3.67. The number of hydrogen-bond donors (Lipinski definition) is 1. The Labute approximate surface area is 154 Å². The van der Waals surface area contributed by atoms with Gasteiger partial charge >= 0.3 is 0 Å². The molecule has 3 rings (SSSR count). The fourth-order valence-corrected chi connectivity index (χ4v) is 3.61. The third-order valence-corrected chi connectivity index (χ3v) is 4.76. The molecule has 0 spiro atoms. The first-order chi connectivity index (χ1) is 12.0. The number of hydrogen-bond acceptors (Lipinski definition) is 5. The summed E-state index contributed by atoms with van der Waals surface area (Å²) < 4.78 is 11.8. The van der Waals surface area contributed by atoms with E-state index < -0.39 is 0 Å². The summed E-state index contributed by atoms with van der Waals surface area (Å²) in [7, 11) is 1.51. The number of fused-ring (bicyclic) bond motifs is 1. The molecule has 0 atom stereocenters. The lowest BCUT2D eigenvalue weighted by atomic mass is 10.2. The molecule has 0 fully saturated rings. The van der Waals surface area contributed by atoms with Crippen molar-refractivity contribution in [2.45, 2.75) is 13.8 Å². The number of anilines is 1. The van der Waals surface area contributed by atoms with Gasteiger partial charge in [-0.1, -0.05) is 29.0 Å². The van der Waals surface area contributed by atoms with Crippen molar-refractivity contribution in [1.82, 2.24) is 4.98 Å². The second-order valence-corrected chi connectivity index (χ2v) is 6.80. The average molecular weight is 377 g/mol. The summed E-state index contributed by atoms with van der Waals surface area (Å²) in [5.41, 5.74) is 2.38. The predicted octanol–water partition coefficient (Wildman–Crippen LogP) is 4.92. The SMILES string of the molecule is CCOc1c(Cl)cc(C(=O)Nc2nc3ccc(C)cc3s2)cc1OC. The van der Waals surface area contributed by atoms with E-state index in [9.17, 15) is 4.79 Å². The third kappa shape index (κ3) is 3.70. The minimum atomic E-state index is -0.306. The smallest absolute Gasteiger partial charge is 0.257 e. The molecule has 0 unspecified atom stereocenters. The standard InChI is InChI=1S/C18H17ClN2O3S/c1-4-24-16-12(19)8-11(9-14(16)23-3)17(22)21-18-20-13-6-5-10(2)7-15(13)25-18/h5-9H,4H2,1-3H3,(H,20,21,22). The molecule has 5 nitrogen and oxygen atoms in total. The van der Waals surface area contributed by atoms with Crippen LogP contribution in [0.15, 0.2) is 30.3 Å². The second-order valence-electron chi connectivity index (χ2n) is 5.37. The van der Waals surface area contributed by atoms with E-state index in [-0.39, 0.29) is 5.91 Å².